The molecule has 0 unspecified atom stereocenters. The minimum atomic E-state index is -2.27. The number of para-hydroxylation sites is 2. The molecule has 1 fully saturated rings. The number of thiocarbonyl (C=S) groups is 1. The summed E-state index contributed by atoms with van der Waals surface area (Å²) in [4.78, 5) is 38.7. The number of nitro groups is 1. The molecule has 0 radical (unpaired) electrons. The van der Waals surface area contributed by atoms with Gasteiger partial charge in [0.15, 0.2) is 18.0 Å². The fraction of sp³-hybridized carbons (Fsp3) is 0.455. The normalized spacial score (nSPS) is 14.6. The third-order valence-electron chi connectivity index (χ3n) is 5.53. The minimum absolute atomic E-state index is 0.0226. The summed E-state index contributed by atoms with van der Waals surface area (Å²) in [6.07, 6.45) is -3.23. The zero-order chi connectivity index (χ0) is 28.4. The molecule has 3 rings (SSSR count). The lowest BCUT2D eigenvalue weighted by Gasteiger charge is -2.37. The number of aliphatic hydroxyl groups excluding tert-OH is 2. The third kappa shape index (κ3) is 8.27. The highest BCUT2D eigenvalue weighted by molar-refractivity contribution is 8.22. The van der Waals surface area contributed by atoms with E-state index in [-0.39, 0.29) is 5.82 Å². The van der Waals surface area contributed by atoms with Gasteiger partial charge in [-0.15, -0.1) is 0 Å². The van der Waals surface area contributed by atoms with E-state index >= 15 is 0 Å². The van der Waals surface area contributed by atoms with Crippen molar-refractivity contribution in [3.63, 3.8) is 0 Å². The predicted octanol–water partition coefficient (Wildman–Crippen LogP) is 0.826. The summed E-state index contributed by atoms with van der Waals surface area (Å²) in [6.45, 7) is 5.70. The van der Waals surface area contributed by atoms with Gasteiger partial charge in [-0.1, -0.05) is 36.1 Å². The van der Waals surface area contributed by atoms with Gasteiger partial charge in [-0.05, 0) is 17.1 Å². The van der Waals surface area contributed by atoms with Crippen LogP contribution in [0.2, 0.25) is 0 Å². The van der Waals surface area contributed by atoms with Crippen LogP contribution >= 0.6 is 24.0 Å². The van der Waals surface area contributed by atoms with Crippen LogP contribution in [-0.4, -0.2) is 107 Å². The van der Waals surface area contributed by atoms with Crippen molar-refractivity contribution < 1.29 is 39.7 Å². The van der Waals surface area contributed by atoms with Gasteiger partial charge < -0.3 is 45.1 Å². The van der Waals surface area contributed by atoms with Crippen LogP contribution in [0.3, 0.4) is 0 Å². The second-order valence-corrected chi connectivity index (χ2v) is 9.63. The first-order valence-electron chi connectivity index (χ1n) is 11.3. The van der Waals surface area contributed by atoms with Crippen molar-refractivity contribution in [2.75, 3.05) is 43.9 Å². The number of carboxylic acid groups (broad SMARTS) is 2. The second kappa shape index (κ2) is 14.5. The Morgan fingerprint density at radius 3 is 2.26 bits per heavy atom. The monoisotopic (exact) mass is 571 g/mol. The van der Waals surface area contributed by atoms with Crippen LogP contribution in [0.5, 0.6) is 5.75 Å². The second-order valence-electron chi connectivity index (χ2n) is 7.90. The summed E-state index contributed by atoms with van der Waals surface area (Å²) in [5, 5.41) is 43.6. The highest BCUT2D eigenvalue weighted by atomic mass is 32.2. The number of nitrogens with zero attached hydrogens (tertiary/aromatic N) is 5. The lowest BCUT2D eigenvalue weighted by Crippen LogP contribution is -2.47. The number of hydrogen-bond donors (Lipinski definition) is 4. The maximum atomic E-state index is 11.1. The van der Waals surface area contributed by atoms with E-state index in [1.807, 2.05) is 18.2 Å². The van der Waals surface area contributed by atoms with Gasteiger partial charge in [0.25, 0.3) is 0 Å². The van der Waals surface area contributed by atoms with Gasteiger partial charge in [-0.3, -0.25) is 0 Å². The van der Waals surface area contributed by atoms with E-state index in [1.165, 1.54) is 6.20 Å². The van der Waals surface area contributed by atoms with E-state index in [1.54, 1.807) is 30.4 Å². The van der Waals surface area contributed by atoms with Gasteiger partial charge in [0.2, 0.25) is 0 Å². The SMILES string of the molecule is COc1ccccc1N1CCN(C(=S)SCCn2c([N+](=O)[O-])cnc2C)CC1.O=C(O)[C@@H](O)[C@H](O)C(=O)O. The Morgan fingerprint density at radius 1 is 1.16 bits per heavy atom. The molecule has 1 aliphatic heterocycles. The summed E-state index contributed by atoms with van der Waals surface area (Å²) >= 11 is 7.13. The third-order valence-corrected chi connectivity index (χ3v) is 7.03. The summed E-state index contributed by atoms with van der Waals surface area (Å²) in [5.41, 5.74) is 1.10. The number of piperazine rings is 1. The lowest BCUT2D eigenvalue weighted by molar-refractivity contribution is -0.392. The molecule has 16 heteroatoms. The van der Waals surface area contributed by atoms with Crippen molar-refractivity contribution in [2.24, 2.45) is 0 Å². The highest BCUT2D eigenvalue weighted by Gasteiger charge is 2.29. The van der Waals surface area contributed by atoms with E-state index in [4.69, 9.17) is 37.4 Å². The van der Waals surface area contributed by atoms with Crippen molar-refractivity contribution in [2.45, 2.75) is 25.7 Å². The van der Waals surface area contributed by atoms with Crippen LogP contribution in [0, 0.1) is 17.0 Å². The molecular weight excluding hydrogens is 542 g/mol. The van der Waals surface area contributed by atoms with E-state index in [2.05, 4.69) is 20.9 Å². The van der Waals surface area contributed by atoms with Gasteiger partial charge in [0.1, 0.15) is 22.8 Å². The fourth-order valence-corrected chi connectivity index (χ4v) is 4.73. The lowest BCUT2D eigenvalue weighted by atomic mass is 10.2. The first kappa shape index (κ1) is 30.8. The molecule has 1 aromatic carbocycles. The van der Waals surface area contributed by atoms with E-state index < -0.39 is 29.1 Å². The van der Waals surface area contributed by atoms with Gasteiger partial charge in [0, 0.05) is 38.9 Å². The maximum Gasteiger partial charge on any atom is 0.342 e. The molecule has 1 saturated heterocycles. The van der Waals surface area contributed by atoms with Crippen LogP contribution in [0.15, 0.2) is 30.5 Å². The minimum Gasteiger partial charge on any atom is -0.495 e. The Bertz CT molecular complexity index is 1120. The molecule has 38 heavy (non-hydrogen) atoms. The molecule has 0 saturated carbocycles. The number of aliphatic hydroxyl groups is 2. The van der Waals surface area contributed by atoms with Crippen molar-refractivity contribution in [3.8, 4) is 5.75 Å². The summed E-state index contributed by atoms with van der Waals surface area (Å²) in [5.74, 6) is -1.32. The number of carbonyl (C=O) groups is 2. The fourth-order valence-electron chi connectivity index (χ4n) is 3.48. The first-order chi connectivity index (χ1) is 18.0. The number of carboxylic acids is 2. The molecule has 0 amide bonds. The van der Waals surface area contributed by atoms with Crippen molar-refractivity contribution in [1.82, 2.24) is 14.5 Å². The van der Waals surface area contributed by atoms with Gasteiger partial charge in [-0.2, -0.15) is 0 Å². The molecule has 2 aromatic rings. The van der Waals surface area contributed by atoms with E-state index in [0.717, 1.165) is 41.9 Å². The predicted molar refractivity (Wildman–Crippen MR) is 143 cm³/mol. The van der Waals surface area contributed by atoms with E-state index in [0.29, 0.717) is 18.1 Å². The van der Waals surface area contributed by atoms with Crippen LogP contribution < -0.4 is 9.64 Å². The number of benzene rings is 1. The van der Waals surface area contributed by atoms with Crippen LogP contribution in [0.4, 0.5) is 11.5 Å². The largest absolute Gasteiger partial charge is 0.495 e. The smallest absolute Gasteiger partial charge is 0.342 e. The Balaban J connectivity index is 0.000000432. The number of rotatable bonds is 9. The zero-order valence-electron chi connectivity index (χ0n) is 20.7. The van der Waals surface area contributed by atoms with E-state index in [9.17, 15) is 19.7 Å². The number of hydrogen-bond acceptors (Lipinski definition) is 11. The molecule has 4 N–H and O–H groups in total. The van der Waals surface area contributed by atoms with Crippen LogP contribution in [0.25, 0.3) is 0 Å². The standard InChI is InChI=1S/C18H23N5O3S2.C4H6O6/c1-14-19-13-17(23(24)25)22(14)11-12-28-18(27)21-9-7-20(8-10-21)15-5-3-4-6-16(15)26-2;5-1(3(7)8)2(6)4(9)10/h3-6,13H,7-12H2,1-2H3;1-2,5-6H,(H,7,8)(H,9,10)/t;1-,2-/m.0/s1. The molecule has 208 valence electrons. The van der Waals surface area contributed by atoms with Crippen molar-refractivity contribution in [1.29, 1.82) is 0 Å². The van der Waals surface area contributed by atoms with Gasteiger partial charge in [0.05, 0.1) is 12.8 Å². The molecule has 0 aliphatic carbocycles. The van der Waals surface area contributed by atoms with Gasteiger partial charge >= 0.3 is 17.8 Å². The number of ether oxygens (including phenoxy) is 1. The number of aromatic nitrogens is 2. The molecule has 2 heterocycles. The summed E-state index contributed by atoms with van der Waals surface area (Å²) in [6, 6.07) is 8.03. The topological polar surface area (TPSA) is 192 Å². The number of anilines is 1. The molecule has 0 spiro atoms. The molecular formula is C22H29N5O9S2. The average Bonchev–Trinajstić information content (AvgIpc) is 3.28. The quantitative estimate of drug-likeness (QED) is 0.188. The maximum absolute atomic E-state index is 11.1. The molecule has 0 bridgehead atoms. The first-order valence-corrected chi connectivity index (χ1v) is 12.6. The molecule has 1 aliphatic rings. The Morgan fingerprint density at radius 2 is 1.74 bits per heavy atom. The number of thioether (sulfide) groups is 1. The molecule has 14 nitrogen and oxygen atoms in total. The summed E-state index contributed by atoms with van der Waals surface area (Å²) < 4.78 is 7.91. The van der Waals surface area contributed by atoms with Crippen LogP contribution in [0.1, 0.15) is 5.82 Å². The number of imidazole rings is 1. The number of methoxy groups -OCH3 is 1. The van der Waals surface area contributed by atoms with Crippen molar-refractivity contribution >= 4 is 51.7 Å². The Hall–Kier alpha value is -3.47. The zero-order valence-corrected chi connectivity index (χ0v) is 22.3. The summed E-state index contributed by atoms with van der Waals surface area (Å²) in [7, 11) is 1.69. The molecule has 1 aromatic heterocycles. The number of aliphatic carboxylic acids is 2. The Labute approximate surface area is 227 Å². The Kier molecular flexibility index (Phi) is 11.7. The molecule has 2 atom stereocenters. The average molecular weight is 572 g/mol. The highest BCUT2D eigenvalue weighted by Crippen LogP contribution is 2.28. The van der Waals surface area contributed by atoms with Crippen LogP contribution in [-0.2, 0) is 16.1 Å². The van der Waals surface area contributed by atoms with Gasteiger partial charge in [-0.25, -0.2) is 19.1 Å². The van der Waals surface area contributed by atoms with Crippen molar-refractivity contribution in [3.05, 3.63) is 46.4 Å². The number of aryl methyl sites for hydroxylation is 1.